The second-order valence-electron chi connectivity index (χ2n) is 3.94. The van der Waals surface area contributed by atoms with E-state index >= 15 is 0 Å². The van der Waals surface area contributed by atoms with Gasteiger partial charge in [0.2, 0.25) is 0 Å². The van der Waals surface area contributed by atoms with Gasteiger partial charge < -0.3 is 10.1 Å². The highest BCUT2D eigenvalue weighted by Gasteiger charge is 2.11. The molecule has 8 heteroatoms. The van der Waals surface area contributed by atoms with Gasteiger partial charge in [0.15, 0.2) is 5.75 Å². The van der Waals surface area contributed by atoms with Crippen molar-refractivity contribution in [2.24, 2.45) is 5.10 Å². The first-order chi connectivity index (χ1) is 10.5. The molecule has 0 aliphatic carbocycles. The Kier molecular flexibility index (Phi) is 7.42. The quantitative estimate of drug-likeness (QED) is 0.359. The van der Waals surface area contributed by atoms with Crippen LogP contribution in [-0.4, -0.2) is 31.2 Å². The Balaban J connectivity index is 2.69. The average molecular weight is 344 g/mol. The van der Waals surface area contributed by atoms with E-state index < -0.39 is 11.8 Å². The fourth-order valence-corrected chi connectivity index (χ4v) is 2.01. The van der Waals surface area contributed by atoms with Gasteiger partial charge in [0.25, 0.3) is 0 Å². The van der Waals surface area contributed by atoms with Crippen molar-refractivity contribution in [3.8, 4) is 5.75 Å². The summed E-state index contributed by atoms with van der Waals surface area (Å²) in [4.78, 5) is 22.6. The van der Waals surface area contributed by atoms with Crippen molar-refractivity contribution >= 4 is 41.2 Å². The summed E-state index contributed by atoms with van der Waals surface area (Å²) in [6.07, 6.45) is 2.77. The Hall–Kier alpha value is -2.05. The summed E-state index contributed by atoms with van der Waals surface area (Å²) in [5, 5.41) is 6.63. The smallest absolute Gasteiger partial charge is 0.329 e. The molecule has 6 nitrogen and oxygen atoms in total. The lowest BCUT2D eigenvalue weighted by molar-refractivity contribution is -0.139. The topological polar surface area (TPSA) is 79.8 Å². The van der Waals surface area contributed by atoms with E-state index in [2.05, 4.69) is 22.4 Å². The highest BCUT2D eigenvalue weighted by molar-refractivity contribution is 6.37. The van der Waals surface area contributed by atoms with Gasteiger partial charge in [-0.05, 0) is 24.6 Å². The second-order valence-corrected chi connectivity index (χ2v) is 4.76. The number of hydrogen-bond donors (Lipinski definition) is 2. The number of amides is 2. The van der Waals surface area contributed by atoms with Crippen molar-refractivity contribution < 1.29 is 14.3 Å². The second kappa shape index (κ2) is 9.07. The monoisotopic (exact) mass is 343 g/mol. The number of ether oxygens (including phenoxy) is 1. The largest absolute Gasteiger partial charge is 0.491 e. The molecule has 0 aliphatic rings. The van der Waals surface area contributed by atoms with Crippen molar-refractivity contribution in [3.05, 3.63) is 40.4 Å². The lowest BCUT2D eigenvalue weighted by Crippen LogP contribution is -2.37. The lowest BCUT2D eigenvalue weighted by atomic mass is 10.2. The zero-order valence-corrected chi connectivity index (χ0v) is 13.4. The molecular weight excluding hydrogens is 329 g/mol. The van der Waals surface area contributed by atoms with Gasteiger partial charge in [-0.25, -0.2) is 5.43 Å². The summed E-state index contributed by atoms with van der Waals surface area (Å²) >= 11 is 12.1. The molecule has 0 aliphatic heterocycles. The van der Waals surface area contributed by atoms with E-state index in [1.165, 1.54) is 12.3 Å². The Bertz CT molecular complexity index is 580. The van der Waals surface area contributed by atoms with Crippen molar-refractivity contribution in [1.29, 1.82) is 0 Å². The van der Waals surface area contributed by atoms with Crippen LogP contribution in [0.2, 0.25) is 10.0 Å². The van der Waals surface area contributed by atoms with Gasteiger partial charge in [-0.15, -0.1) is 6.58 Å². The van der Waals surface area contributed by atoms with E-state index in [4.69, 9.17) is 27.9 Å². The summed E-state index contributed by atoms with van der Waals surface area (Å²) in [6.45, 7) is 5.86. The number of nitrogens with zero attached hydrogens (tertiary/aromatic N) is 1. The van der Waals surface area contributed by atoms with E-state index in [9.17, 15) is 9.59 Å². The fraction of sp³-hybridized carbons (Fsp3) is 0.214. The Morgan fingerprint density at radius 2 is 1.95 bits per heavy atom. The van der Waals surface area contributed by atoms with Gasteiger partial charge in [-0.3, -0.25) is 9.59 Å². The van der Waals surface area contributed by atoms with E-state index in [1.807, 2.05) is 6.92 Å². The average Bonchev–Trinajstić information content (AvgIpc) is 2.48. The van der Waals surface area contributed by atoms with Crippen molar-refractivity contribution in [3.63, 3.8) is 0 Å². The van der Waals surface area contributed by atoms with Crippen LogP contribution in [0, 0.1) is 0 Å². The normalized spacial score (nSPS) is 10.3. The van der Waals surface area contributed by atoms with Gasteiger partial charge in [-0.2, -0.15) is 5.10 Å². The summed E-state index contributed by atoms with van der Waals surface area (Å²) < 4.78 is 5.29. The molecule has 0 saturated carbocycles. The maximum atomic E-state index is 11.4. The molecule has 0 spiro atoms. The Morgan fingerprint density at radius 3 is 2.50 bits per heavy atom. The van der Waals surface area contributed by atoms with Crippen LogP contribution in [0.1, 0.15) is 12.5 Å². The third-order valence-electron chi connectivity index (χ3n) is 2.30. The molecular formula is C14H15Cl2N3O3. The molecule has 0 unspecified atom stereocenters. The third kappa shape index (κ3) is 5.38. The number of hydrogen-bond acceptors (Lipinski definition) is 4. The maximum absolute atomic E-state index is 11.4. The predicted molar refractivity (Wildman–Crippen MR) is 86.6 cm³/mol. The summed E-state index contributed by atoms with van der Waals surface area (Å²) in [5.74, 6) is -1.31. The number of carbonyl (C=O) groups is 2. The molecule has 0 aromatic heterocycles. The molecule has 0 fully saturated rings. The van der Waals surface area contributed by atoms with Gasteiger partial charge in [0, 0.05) is 6.54 Å². The van der Waals surface area contributed by atoms with Crippen LogP contribution in [0.15, 0.2) is 29.9 Å². The zero-order chi connectivity index (χ0) is 16.5. The van der Waals surface area contributed by atoms with Crippen LogP contribution in [-0.2, 0) is 9.59 Å². The first-order valence-corrected chi connectivity index (χ1v) is 7.09. The molecule has 1 rings (SSSR count). The van der Waals surface area contributed by atoms with E-state index in [1.54, 1.807) is 12.1 Å². The zero-order valence-electron chi connectivity index (χ0n) is 11.9. The van der Waals surface area contributed by atoms with Crippen LogP contribution in [0.25, 0.3) is 0 Å². The number of carbonyl (C=O) groups excluding carboxylic acids is 2. The van der Waals surface area contributed by atoms with Crippen LogP contribution >= 0.6 is 23.2 Å². The SMILES string of the molecule is C=CCNC(=O)C(=O)N/N=C\c1cc(Cl)c(OCC)c(Cl)c1. The van der Waals surface area contributed by atoms with Crippen molar-refractivity contribution in [2.45, 2.75) is 6.92 Å². The molecule has 1 aromatic rings. The molecule has 118 valence electrons. The molecule has 0 bridgehead atoms. The third-order valence-corrected chi connectivity index (χ3v) is 2.86. The number of hydrazone groups is 1. The number of benzene rings is 1. The van der Waals surface area contributed by atoms with E-state index in [-0.39, 0.29) is 6.54 Å². The minimum Gasteiger partial charge on any atom is -0.491 e. The van der Waals surface area contributed by atoms with Crippen LogP contribution in [0.3, 0.4) is 0 Å². The fourth-order valence-electron chi connectivity index (χ4n) is 1.40. The van der Waals surface area contributed by atoms with Gasteiger partial charge in [0.05, 0.1) is 22.9 Å². The first-order valence-electron chi connectivity index (χ1n) is 6.33. The highest BCUT2D eigenvalue weighted by atomic mass is 35.5. The standard InChI is InChI=1S/C14H15Cl2N3O3/c1-3-5-17-13(20)14(21)19-18-8-9-6-10(15)12(22-4-2)11(16)7-9/h3,6-8H,1,4-5H2,2H3,(H,17,20)(H,19,21)/b18-8-. The number of halogens is 2. The Morgan fingerprint density at radius 1 is 1.32 bits per heavy atom. The number of nitrogens with one attached hydrogen (secondary N) is 2. The molecule has 1 aromatic carbocycles. The summed E-state index contributed by atoms with van der Waals surface area (Å²) in [6, 6.07) is 3.15. The molecule has 0 atom stereocenters. The summed E-state index contributed by atoms with van der Waals surface area (Å²) in [7, 11) is 0. The predicted octanol–water partition coefficient (Wildman–Crippen LogP) is 2.14. The van der Waals surface area contributed by atoms with Crippen molar-refractivity contribution in [1.82, 2.24) is 10.7 Å². The molecule has 0 saturated heterocycles. The molecule has 2 amide bonds. The van der Waals surface area contributed by atoms with E-state index in [0.29, 0.717) is 28.0 Å². The lowest BCUT2D eigenvalue weighted by Gasteiger charge is -2.08. The molecule has 0 radical (unpaired) electrons. The van der Waals surface area contributed by atoms with E-state index in [0.717, 1.165) is 0 Å². The van der Waals surface area contributed by atoms with Gasteiger partial charge in [-0.1, -0.05) is 29.3 Å². The number of rotatable bonds is 6. The molecule has 2 N–H and O–H groups in total. The highest BCUT2D eigenvalue weighted by Crippen LogP contribution is 2.33. The van der Waals surface area contributed by atoms with Gasteiger partial charge in [0.1, 0.15) is 0 Å². The minimum absolute atomic E-state index is 0.195. The maximum Gasteiger partial charge on any atom is 0.329 e. The van der Waals surface area contributed by atoms with Gasteiger partial charge >= 0.3 is 11.8 Å². The van der Waals surface area contributed by atoms with Crippen LogP contribution in [0.4, 0.5) is 0 Å². The van der Waals surface area contributed by atoms with Crippen LogP contribution < -0.4 is 15.5 Å². The summed E-state index contributed by atoms with van der Waals surface area (Å²) in [5.41, 5.74) is 2.63. The Labute approximate surface area is 138 Å². The first kappa shape index (κ1) is 18.0. The molecule has 22 heavy (non-hydrogen) atoms. The molecule has 0 heterocycles. The van der Waals surface area contributed by atoms with Crippen molar-refractivity contribution in [2.75, 3.05) is 13.2 Å². The minimum atomic E-state index is -0.888. The van der Waals surface area contributed by atoms with Crippen LogP contribution in [0.5, 0.6) is 5.75 Å².